The van der Waals surface area contributed by atoms with Crippen molar-refractivity contribution in [1.29, 1.82) is 0 Å². The van der Waals surface area contributed by atoms with Crippen molar-refractivity contribution < 1.29 is 14.0 Å². The lowest BCUT2D eigenvalue weighted by Crippen LogP contribution is -2.66. The van der Waals surface area contributed by atoms with Gasteiger partial charge in [-0.3, -0.25) is 0 Å². The van der Waals surface area contributed by atoms with E-state index in [2.05, 4.69) is 81.2 Å². The average molecular weight is 440 g/mol. The summed E-state index contributed by atoms with van der Waals surface area (Å²) in [6, 6.07) is 20.8. The predicted molar refractivity (Wildman–Crippen MR) is 132 cm³/mol. The van der Waals surface area contributed by atoms with E-state index in [0.717, 1.165) is 0 Å². The maximum Gasteiger partial charge on any atom is 0.408 e. The fourth-order valence-electron chi connectivity index (χ4n) is 3.81. The Bertz CT molecular complexity index is 799. The molecule has 0 fully saturated rings. The quantitative estimate of drug-likeness (QED) is 0.463. The number of hydrogen-bond donors (Lipinski definition) is 1. The van der Waals surface area contributed by atoms with E-state index in [9.17, 15) is 4.79 Å². The molecule has 0 radical (unpaired) electrons. The maximum atomic E-state index is 12.2. The molecule has 0 aliphatic heterocycles. The third-order valence-corrected chi connectivity index (χ3v) is 10.2. The summed E-state index contributed by atoms with van der Waals surface area (Å²) < 4.78 is 12.3. The van der Waals surface area contributed by atoms with Gasteiger partial charge in [0, 0.05) is 6.61 Å². The van der Waals surface area contributed by atoms with Crippen LogP contribution in [0.4, 0.5) is 4.79 Å². The van der Waals surface area contributed by atoms with Crippen LogP contribution in [-0.4, -0.2) is 32.7 Å². The summed E-state index contributed by atoms with van der Waals surface area (Å²) in [6.07, 6.45) is 1.91. The molecule has 2 aromatic rings. The molecule has 0 heterocycles. The fraction of sp³-hybridized carbons (Fsp3) is 0.423. The first-order valence-electron chi connectivity index (χ1n) is 10.9. The van der Waals surface area contributed by atoms with Crippen LogP contribution in [0, 0.1) is 0 Å². The number of carbonyl (C=O) groups excluding carboxylic acids is 1. The van der Waals surface area contributed by atoms with Crippen molar-refractivity contribution in [2.75, 3.05) is 6.61 Å². The van der Waals surface area contributed by atoms with Crippen molar-refractivity contribution in [3.05, 3.63) is 73.3 Å². The molecule has 0 aliphatic carbocycles. The Balaban J connectivity index is 2.27. The van der Waals surface area contributed by atoms with E-state index in [0.29, 0.717) is 13.0 Å². The molecule has 0 unspecified atom stereocenters. The fourth-order valence-corrected chi connectivity index (χ4v) is 8.39. The van der Waals surface area contributed by atoms with Crippen molar-refractivity contribution in [2.45, 2.75) is 64.6 Å². The SMILES string of the molecule is C=C[C@H](CCO[Si](c1ccccc1)(c1ccccc1)C(C)(C)C)NC(=O)OC(C)(C)C. The number of carbonyl (C=O) groups is 1. The molecule has 1 N–H and O–H groups in total. The van der Waals surface area contributed by atoms with E-state index in [1.807, 2.05) is 32.9 Å². The molecule has 31 heavy (non-hydrogen) atoms. The monoisotopic (exact) mass is 439 g/mol. The minimum Gasteiger partial charge on any atom is -0.444 e. The molecule has 168 valence electrons. The van der Waals surface area contributed by atoms with Gasteiger partial charge < -0.3 is 14.5 Å². The van der Waals surface area contributed by atoms with Gasteiger partial charge in [0.15, 0.2) is 0 Å². The lowest BCUT2D eigenvalue weighted by Gasteiger charge is -2.43. The zero-order valence-electron chi connectivity index (χ0n) is 19.8. The number of alkyl carbamates (subject to hydrolysis) is 1. The summed E-state index contributed by atoms with van der Waals surface area (Å²) in [5.74, 6) is 0. The molecule has 0 aromatic heterocycles. The number of amides is 1. The van der Waals surface area contributed by atoms with Gasteiger partial charge in [0.2, 0.25) is 0 Å². The van der Waals surface area contributed by atoms with E-state index < -0.39 is 20.0 Å². The molecule has 0 saturated heterocycles. The molecule has 5 heteroatoms. The largest absolute Gasteiger partial charge is 0.444 e. The minimum absolute atomic E-state index is 0.0853. The van der Waals surface area contributed by atoms with Crippen LogP contribution in [0.25, 0.3) is 0 Å². The van der Waals surface area contributed by atoms with Crippen LogP contribution in [0.3, 0.4) is 0 Å². The zero-order chi connectivity index (χ0) is 23.1. The van der Waals surface area contributed by atoms with Gasteiger partial charge in [-0.1, -0.05) is 87.5 Å². The van der Waals surface area contributed by atoms with Crippen LogP contribution in [0.2, 0.25) is 5.04 Å². The van der Waals surface area contributed by atoms with Crippen molar-refractivity contribution in [3.8, 4) is 0 Å². The Kier molecular flexibility index (Phi) is 8.26. The van der Waals surface area contributed by atoms with Gasteiger partial charge >= 0.3 is 6.09 Å². The molecule has 0 bridgehead atoms. The molecule has 2 rings (SSSR count). The Morgan fingerprint density at radius 1 is 0.968 bits per heavy atom. The summed E-state index contributed by atoms with van der Waals surface area (Å²) in [7, 11) is -2.59. The first kappa shape index (κ1) is 24.9. The number of benzene rings is 2. The summed E-state index contributed by atoms with van der Waals surface area (Å²) in [6.45, 7) is 16.7. The van der Waals surface area contributed by atoms with E-state index in [4.69, 9.17) is 9.16 Å². The van der Waals surface area contributed by atoms with Crippen LogP contribution in [0.1, 0.15) is 48.0 Å². The molecule has 0 spiro atoms. The van der Waals surface area contributed by atoms with E-state index >= 15 is 0 Å². The molecule has 0 aliphatic rings. The molecule has 1 amide bonds. The summed E-state index contributed by atoms with van der Waals surface area (Å²) >= 11 is 0. The molecule has 2 aromatic carbocycles. The van der Waals surface area contributed by atoms with Gasteiger partial charge in [-0.15, -0.1) is 6.58 Å². The summed E-state index contributed by atoms with van der Waals surface area (Å²) in [4.78, 5) is 12.2. The normalized spacial score (nSPS) is 13.4. The van der Waals surface area contributed by atoms with Crippen LogP contribution >= 0.6 is 0 Å². The molecular formula is C26H37NO3Si. The number of hydrogen-bond acceptors (Lipinski definition) is 3. The average Bonchev–Trinajstić information content (AvgIpc) is 2.69. The van der Waals surface area contributed by atoms with Gasteiger partial charge in [0.1, 0.15) is 5.60 Å². The summed E-state index contributed by atoms with van der Waals surface area (Å²) in [5, 5.41) is 5.28. The Morgan fingerprint density at radius 2 is 1.45 bits per heavy atom. The molecule has 1 atom stereocenters. The van der Waals surface area contributed by atoms with E-state index in [1.54, 1.807) is 6.08 Å². The predicted octanol–water partition coefficient (Wildman–Crippen LogP) is 5.03. The lowest BCUT2D eigenvalue weighted by molar-refractivity contribution is 0.0509. The smallest absolute Gasteiger partial charge is 0.408 e. The van der Waals surface area contributed by atoms with Crippen LogP contribution in [0.5, 0.6) is 0 Å². The Hall–Kier alpha value is -2.37. The number of ether oxygens (including phenoxy) is 1. The standard InChI is InChI=1S/C26H37NO3Si/c1-8-21(27-24(28)30-25(2,3)4)19-20-29-31(26(5,6)7,22-15-11-9-12-16-22)23-17-13-10-14-18-23/h8-18,21H,1,19-20H2,2-7H3,(H,27,28)/t21-/m1/s1. The van der Waals surface area contributed by atoms with Gasteiger partial charge in [0.25, 0.3) is 8.32 Å². The van der Waals surface area contributed by atoms with Crippen molar-refractivity contribution in [1.82, 2.24) is 5.32 Å². The van der Waals surface area contributed by atoms with Crippen LogP contribution < -0.4 is 15.7 Å². The lowest BCUT2D eigenvalue weighted by atomic mass is 10.2. The highest BCUT2D eigenvalue weighted by molar-refractivity contribution is 6.99. The zero-order valence-corrected chi connectivity index (χ0v) is 20.8. The van der Waals surface area contributed by atoms with Crippen molar-refractivity contribution in [3.63, 3.8) is 0 Å². The van der Waals surface area contributed by atoms with E-state index in [-0.39, 0.29) is 11.1 Å². The highest BCUT2D eigenvalue weighted by Gasteiger charge is 2.50. The second-order valence-corrected chi connectivity index (χ2v) is 14.1. The minimum atomic E-state index is -2.59. The second-order valence-electron chi connectivity index (χ2n) is 9.79. The topological polar surface area (TPSA) is 47.6 Å². The molecular weight excluding hydrogens is 402 g/mol. The van der Waals surface area contributed by atoms with Gasteiger partial charge in [0.05, 0.1) is 6.04 Å². The second kappa shape index (κ2) is 10.3. The molecule has 0 saturated carbocycles. The Morgan fingerprint density at radius 3 is 1.84 bits per heavy atom. The maximum absolute atomic E-state index is 12.2. The van der Waals surface area contributed by atoms with Gasteiger partial charge in [-0.05, 0) is 42.6 Å². The molecule has 4 nitrogen and oxygen atoms in total. The first-order valence-corrected chi connectivity index (χ1v) is 12.8. The third kappa shape index (κ3) is 6.55. The highest BCUT2D eigenvalue weighted by atomic mass is 28.4. The number of nitrogens with one attached hydrogen (secondary N) is 1. The van der Waals surface area contributed by atoms with Crippen LogP contribution in [-0.2, 0) is 9.16 Å². The van der Waals surface area contributed by atoms with E-state index in [1.165, 1.54) is 10.4 Å². The van der Waals surface area contributed by atoms with Crippen molar-refractivity contribution in [2.24, 2.45) is 0 Å². The summed E-state index contributed by atoms with van der Waals surface area (Å²) in [5.41, 5.74) is -0.540. The van der Waals surface area contributed by atoms with Crippen molar-refractivity contribution >= 4 is 24.8 Å². The van der Waals surface area contributed by atoms with Gasteiger partial charge in [-0.25, -0.2) is 4.79 Å². The Labute approximate surface area is 188 Å². The highest BCUT2D eigenvalue weighted by Crippen LogP contribution is 2.36. The van der Waals surface area contributed by atoms with Crippen LogP contribution in [0.15, 0.2) is 73.3 Å². The third-order valence-electron chi connectivity index (χ3n) is 5.15. The first-order chi connectivity index (χ1) is 14.5. The number of rotatable bonds is 8. The van der Waals surface area contributed by atoms with Gasteiger partial charge in [-0.2, -0.15) is 0 Å².